The Morgan fingerprint density at radius 2 is 1.72 bits per heavy atom. The molecule has 0 saturated heterocycles. The van der Waals surface area contributed by atoms with Gasteiger partial charge in [-0.3, -0.25) is 4.79 Å². The number of para-hydroxylation sites is 1. The van der Waals surface area contributed by atoms with Gasteiger partial charge in [0.1, 0.15) is 12.4 Å². The fourth-order valence-electron chi connectivity index (χ4n) is 3.64. The molecule has 1 aromatic heterocycles. The Bertz CT molecular complexity index is 1080. The van der Waals surface area contributed by atoms with Crippen LogP contribution in [0.3, 0.4) is 0 Å². The normalized spacial score (nSPS) is 12.9. The predicted octanol–water partition coefficient (Wildman–Crippen LogP) is 4.39. The summed E-state index contributed by atoms with van der Waals surface area (Å²) in [5.74, 6) is -0.650. The summed E-state index contributed by atoms with van der Waals surface area (Å²) >= 11 is 0. The first-order valence-electron chi connectivity index (χ1n) is 10.8. The molecule has 1 fully saturated rings. The zero-order chi connectivity index (χ0) is 22.5. The fraction of sp³-hybridized carbons (Fsp3) is 0.280. The summed E-state index contributed by atoms with van der Waals surface area (Å²) in [6.07, 6.45) is 3.63. The maximum Gasteiger partial charge on any atom is 0.322 e. The summed E-state index contributed by atoms with van der Waals surface area (Å²) in [6, 6.07) is 19.3. The third-order valence-corrected chi connectivity index (χ3v) is 5.64. The van der Waals surface area contributed by atoms with Crippen LogP contribution in [0, 0.1) is 5.82 Å². The van der Waals surface area contributed by atoms with Crippen molar-refractivity contribution in [2.45, 2.75) is 32.0 Å². The third-order valence-electron chi connectivity index (χ3n) is 5.64. The maximum atomic E-state index is 14.0. The first-order chi connectivity index (χ1) is 15.5. The lowest BCUT2D eigenvalue weighted by atomic mass is 10.2. The van der Waals surface area contributed by atoms with Gasteiger partial charge in [-0.2, -0.15) is 0 Å². The second-order valence-corrected chi connectivity index (χ2v) is 8.11. The zero-order valence-corrected chi connectivity index (χ0v) is 18.1. The van der Waals surface area contributed by atoms with Gasteiger partial charge >= 0.3 is 6.03 Å². The number of amides is 3. The standard InChI is InChI=1S/C25H27FN4O2/c1-28-15-7-10-21(28)17-29(16-19-8-3-2-4-9-19)24(31)18-30(20-13-14-20)25(32)27-23-12-6-5-11-22(23)26/h2-12,15,20H,13-14,16-18H2,1H3,(H,27,32). The molecule has 0 aliphatic heterocycles. The third kappa shape index (κ3) is 5.35. The molecule has 0 radical (unpaired) electrons. The molecule has 3 amide bonds. The molecule has 2 aromatic carbocycles. The molecule has 1 heterocycles. The number of urea groups is 1. The smallest absolute Gasteiger partial charge is 0.322 e. The van der Waals surface area contributed by atoms with Crippen molar-refractivity contribution in [3.8, 4) is 0 Å². The predicted molar refractivity (Wildman–Crippen MR) is 121 cm³/mol. The number of halogens is 1. The number of aromatic nitrogens is 1. The second-order valence-electron chi connectivity index (χ2n) is 8.11. The van der Waals surface area contributed by atoms with E-state index < -0.39 is 11.8 Å². The molecule has 0 spiro atoms. The Morgan fingerprint density at radius 3 is 2.38 bits per heavy atom. The number of anilines is 1. The van der Waals surface area contributed by atoms with Crippen molar-refractivity contribution < 1.29 is 14.0 Å². The van der Waals surface area contributed by atoms with Gasteiger partial charge in [-0.25, -0.2) is 9.18 Å². The Labute approximate surface area is 187 Å². The van der Waals surface area contributed by atoms with E-state index in [-0.39, 0.29) is 24.2 Å². The SMILES string of the molecule is Cn1cccc1CN(Cc1ccccc1)C(=O)CN(C(=O)Nc1ccccc1F)C1CC1. The average molecular weight is 435 g/mol. The number of hydrogen-bond acceptors (Lipinski definition) is 2. The maximum absolute atomic E-state index is 14.0. The fourth-order valence-corrected chi connectivity index (χ4v) is 3.64. The van der Waals surface area contributed by atoms with Crippen LogP contribution in [0.5, 0.6) is 0 Å². The monoisotopic (exact) mass is 434 g/mol. The van der Waals surface area contributed by atoms with E-state index >= 15 is 0 Å². The van der Waals surface area contributed by atoms with Crippen LogP contribution < -0.4 is 5.32 Å². The summed E-state index contributed by atoms with van der Waals surface area (Å²) in [7, 11) is 1.94. The highest BCUT2D eigenvalue weighted by Crippen LogP contribution is 2.28. The van der Waals surface area contributed by atoms with E-state index in [1.54, 1.807) is 17.0 Å². The highest BCUT2D eigenvalue weighted by atomic mass is 19.1. The van der Waals surface area contributed by atoms with Crippen LogP contribution in [0.25, 0.3) is 0 Å². The number of nitrogens with zero attached hydrogens (tertiary/aromatic N) is 3. The van der Waals surface area contributed by atoms with Crippen molar-refractivity contribution in [1.82, 2.24) is 14.4 Å². The summed E-state index contributed by atoms with van der Waals surface area (Å²) < 4.78 is 16.0. The topological polar surface area (TPSA) is 57.6 Å². The quantitative estimate of drug-likeness (QED) is 0.572. The van der Waals surface area contributed by atoms with E-state index in [1.807, 2.05) is 60.3 Å². The minimum Gasteiger partial charge on any atom is -0.353 e. The largest absolute Gasteiger partial charge is 0.353 e. The van der Waals surface area contributed by atoms with E-state index in [1.165, 1.54) is 17.0 Å². The first-order valence-corrected chi connectivity index (χ1v) is 10.8. The van der Waals surface area contributed by atoms with Gasteiger partial charge in [-0.15, -0.1) is 0 Å². The van der Waals surface area contributed by atoms with Crippen LogP contribution >= 0.6 is 0 Å². The molecule has 32 heavy (non-hydrogen) atoms. The molecule has 6 nitrogen and oxygen atoms in total. The van der Waals surface area contributed by atoms with Crippen molar-refractivity contribution in [2.75, 3.05) is 11.9 Å². The minimum atomic E-state index is -0.502. The summed E-state index contributed by atoms with van der Waals surface area (Å²) in [5.41, 5.74) is 2.13. The molecular weight excluding hydrogens is 407 g/mol. The van der Waals surface area contributed by atoms with Gasteiger partial charge in [0.2, 0.25) is 5.91 Å². The van der Waals surface area contributed by atoms with Gasteiger partial charge in [0.25, 0.3) is 0 Å². The highest BCUT2D eigenvalue weighted by molar-refractivity contribution is 5.93. The van der Waals surface area contributed by atoms with E-state index in [0.717, 1.165) is 24.1 Å². The van der Waals surface area contributed by atoms with Crippen LogP contribution in [-0.4, -0.2) is 38.9 Å². The Hall–Kier alpha value is -3.61. The van der Waals surface area contributed by atoms with Gasteiger partial charge in [0.15, 0.2) is 0 Å². The minimum absolute atomic E-state index is 0.000616. The van der Waals surface area contributed by atoms with E-state index in [0.29, 0.717) is 13.1 Å². The number of rotatable bonds is 8. The van der Waals surface area contributed by atoms with Crippen molar-refractivity contribution in [2.24, 2.45) is 7.05 Å². The number of benzene rings is 2. The molecule has 1 saturated carbocycles. The van der Waals surface area contributed by atoms with Gasteiger partial charge < -0.3 is 19.7 Å². The molecule has 0 bridgehead atoms. The molecule has 0 atom stereocenters. The van der Waals surface area contributed by atoms with Crippen molar-refractivity contribution in [3.05, 3.63) is 90.0 Å². The Balaban J connectivity index is 1.50. The van der Waals surface area contributed by atoms with Gasteiger partial charge in [-0.1, -0.05) is 42.5 Å². The van der Waals surface area contributed by atoms with Crippen molar-refractivity contribution in [1.29, 1.82) is 0 Å². The van der Waals surface area contributed by atoms with Gasteiger partial charge in [0.05, 0.1) is 12.2 Å². The van der Waals surface area contributed by atoms with Crippen LogP contribution in [-0.2, 0) is 24.9 Å². The lowest BCUT2D eigenvalue weighted by Gasteiger charge is -2.28. The lowest BCUT2D eigenvalue weighted by molar-refractivity contribution is -0.133. The van der Waals surface area contributed by atoms with Gasteiger partial charge in [0, 0.05) is 31.5 Å². The van der Waals surface area contributed by atoms with Crippen LogP contribution in [0.15, 0.2) is 72.9 Å². The number of carbonyl (C=O) groups is 2. The summed E-state index contributed by atoms with van der Waals surface area (Å²) in [4.78, 5) is 29.6. The average Bonchev–Trinajstić information content (AvgIpc) is 3.55. The number of aryl methyl sites for hydroxylation is 1. The lowest BCUT2D eigenvalue weighted by Crippen LogP contribution is -2.45. The van der Waals surface area contributed by atoms with E-state index in [2.05, 4.69) is 5.32 Å². The number of nitrogens with one attached hydrogen (secondary N) is 1. The zero-order valence-electron chi connectivity index (χ0n) is 18.1. The van der Waals surface area contributed by atoms with Crippen LogP contribution in [0.2, 0.25) is 0 Å². The second kappa shape index (κ2) is 9.68. The summed E-state index contributed by atoms with van der Waals surface area (Å²) in [6.45, 7) is 0.825. The van der Waals surface area contributed by atoms with E-state index in [4.69, 9.17) is 0 Å². The molecule has 0 unspecified atom stereocenters. The van der Waals surface area contributed by atoms with Crippen molar-refractivity contribution >= 4 is 17.6 Å². The highest BCUT2D eigenvalue weighted by Gasteiger charge is 2.35. The molecule has 1 aliphatic rings. The number of carbonyl (C=O) groups excluding carboxylic acids is 2. The molecule has 7 heteroatoms. The molecular formula is C25H27FN4O2. The van der Waals surface area contributed by atoms with Crippen LogP contribution in [0.1, 0.15) is 24.1 Å². The molecule has 166 valence electrons. The molecule has 1 N–H and O–H groups in total. The number of hydrogen-bond donors (Lipinski definition) is 1. The first kappa shape index (κ1) is 21.6. The van der Waals surface area contributed by atoms with Crippen LogP contribution in [0.4, 0.5) is 14.9 Å². The summed E-state index contributed by atoms with van der Waals surface area (Å²) in [5, 5.41) is 2.62. The molecule has 3 aromatic rings. The van der Waals surface area contributed by atoms with E-state index in [9.17, 15) is 14.0 Å². The molecule has 4 rings (SSSR count). The Kier molecular flexibility index (Phi) is 6.54. The molecule has 1 aliphatic carbocycles. The van der Waals surface area contributed by atoms with Gasteiger partial charge in [-0.05, 0) is 42.7 Å². The van der Waals surface area contributed by atoms with Crippen molar-refractivity contribution in [3.63, 3.8) is 0 Å². The Morgan fingerprint density at radius 1 is 1.00 bits per heavy atom.